The van der Waals surface area contributed by atoms with Crippen LogP contribution < -0.4 is 11.1 Å². The van der Waals surface area contributed by atoms with Gasteiger partial charge in [0.05, 0.1) is 23.8 Å². The molecule has 1 aliphatic rings. The van der Waals surface area contributed by atoms with Gasteiger partial charge in [-0.15, -0.1) is 0 Å². The number of nitrogens with zero attached hydrogens (tertiary/aromatic N) is 2. The lowest BCUT2D eigenvalue weighted by Crippen LogP contribution is -2.39. The molecule has 1 aliphatic carbocycles. The molecule has 0 atom stereocenters. The van der Waals surface area contributed by atoms with Gasteiger partial charge in [0.1, 0.15) is 0 Å². The van der Waals surface area contributed by atoms with E-state index in [9.17, 15) is 13.2 Å². The van der Waals surface area contributed by atoms with Crippen LogP contribution in [0, 0.1) is 5.92 Å². The Bertz CT molecular complexity index is 1300. The summed E-state index contributed by atoms with van der Waals surface area (Å²) in [5.74, 6) is 0.205. The minimum absolute atomic E-state index is 0.0175. The fraction of sp³-hybridized carbons (Fsp3) is 0.379. The van der Waals surface area contributed by atoms with Gasteiger partial charge in [-0.2, -0.15) is 0 Å². The third-order valence-corrected chi connectivity index (χ3v) is 8.59. The molecular formula is C29H36N4O3S. The van der Waals surface area contributed by atoms with Crippen molar-refractivity contribution >= 4 is 21.6 Å². The van der Waals surface area contributed by atoms with Gasteiger partial charge >= 0.3 is 0 Å². The largest absolute Gasteiger partial charge is 0.330 e. The molecule has 1 aromatic heterocycles. The lowest BCUT2D eigenvalue weighted by Gasteiger charge is -2.33. The number of sulfonamides is 1. The highest BCUT2D eigenvalue weighted by Gasteiger charge is 2.29. The Labute approximate surface area is 220 Å². The van der Waals surface area contributed by atoms with E-state index < -0.39 is 10.0 Å². The predicted octanol–water partition coefficient (Wildman–Crippen LogP) is 4.70. The molecule has 0 unspecified atom stereocenters. The first-order valence-corrected chi connectivity index (χ1v) is 14.7. The monoisotopic (exact) mass is 520 g/mol. The summed E-state index contributed by atoms with van der Waals surface area (Å²) in [4.78, 5) is 17.7. The van der Waals surface area contributed by atoms with Crippen LogP contribution in [0.3, 0.4) is 0 Å². The van der Waals surface area contributed by atoms with Crippen LogP contribution in [-0.2, 0) is 21.2 Å². The molecule has 1 fully saturated rings. The van der Waals surface area contributed by atoms with Gasteiger partial charge in [-0.3, -0.25) is 9.78 Å². The molecule has 3 aromatic rings. The topological polar surface area (TPSA) is 105 Å². The first-order valence-electron chi connectivity index (χ1n) is 12.8. The van der Waals surface area contributed by atoms with Gasteiger partial charge in [-0.1, -0.05) is 54.6 Å². The maximum atomic E-state index is 12.9. The number of amides is 1. The van der Waals surface area contributed by atoms with Crippen LogP contribution in [0.5, 0.6) is 0 Å². The Hall–Kier alpha value is -3.07. The molecule has 0 spiro atoms. The van der Waals surface area contributed by atoms with E-state index in [1.54, 1.807) is 13.2 Å². The third-order valence-electron chi connectivity index (χ3n) is 7.24. The summed E-state index contributed by atoms with van der Waals surface area (Å²) in [6.45, 7) is 0.612. The molecular weight excluding hydrogens is 484 g/mol. The average Bonchev–Trinajstić information content (AvgIpc) is 2.89. The van der Waals surface area contributed by atoms with Crippen molar-refractivity contribution in [1.82, 2.24) is 9.29 Å². The second kappa shape index (κ2) is 12.0. The van der Waals surface area contributed by atoms with Gasteiger partial charge in [-0.05, 0) is 61.8 Å². The second-order valence-corrected chi connectivity index (χ2v) is 12.0. The molecule has 7 nitrogen and oxygen atoms in total. The lowest BCUT2D eigenvalue weighted by molar-refractivity contribution is -0.117. The Kier molecular flexibility index (Phi) is 8.74. The maximum Gasteiger partial charge on any atom is 0.224 e. The number of anilines is 1. The molecule has 1 amide bonds. The van der Waals surface area contributed by atoms with E-state index in [0.717, 1.165) is 54.5 Å². The normalized spacial score (nSPS) is 18.1. The Morgan fingerprint density at radius 1 is 1.03 bits per heavy atom. The number of aromatic nitrogens is 1. The van der Waals surface area contributed by atoms with Gasteiger partial charge in [0.25, 0.3) is 0 Å². The summed E-state index contributed by atoms with van der Waals surface area (Å²) >= 11 is 0. The van der Waals surface area contributed by atoms with Gasteiger partial charge in [0.15, 0.2) is 0 Å². The highest BCUT2D eigenvalue weighted by molar-refractivity contribution is 7.88. The number of rotatable bonds is 9. The van der Waals surface area contributed by atoms with Crippen LogP contribution in [-0.4, -0.2) is 49.5 Å². The summed E-state index contributed by atoms with van der Waals surface area (Å²) in [7, 11) is -1.56. The van der Waals surface area contributed by atoms with Crippen molar-refractivity contribution in [2.75, 3.05) is 25.2 Å². The number of nitrogens with one attached hydrogen (secondary N) is 1. The highest BCUT2D eigenvalue weighted by Crippen LogP contribution is 2.34. The SMILES string of the molecule is CN([C@H]1CC[C@H](CC(=O)Nc2cnc(-c3ccc(CCN)cc3)c(-c3ccccc3)c2)CC1)S(C)(=O)=O. The quantitative estimate of drug-likeness (QED) is 0.426. The Balaban J connectivity index is 1.46. The number of pyridine rings is 1. The van der Waals surface area contributed by atoms with Crippen molar-refractivity contribution in [3.05, 3.63) is 72.4 Å². The fourth-order valence-corrected chi connectivity index (χ4v) is 5.81. The summed E-state index contributed by atoms with van der Waals surface area (Å²) in [5.41, 5.74) is 11.4. The van der Waals surface area contributed by atoms with E-state index in [4.69, 9.17) is 10.7 Å². The Morgan fingerprint density at radius 3 is 2.32 bits per heavy atom. The molecule has 0 radical (unpaired) electrons. The molecule has 1 heterocycles. The lowest BCUT2D eigenvalue weighted by atomic mass is 9.84. The van der Waals surface area contributed by atoms with Crippen LogP contribution in [0.15, 0.2) is 66.9 Å². The van der Waals surface area contributed by atoms with Gasteiger partial charge in [-0.25, -0.2) is 12.7 Å². The number of nitrogens with two attached hydrogens (primary N) is 1. The molecule has 1 saturated carbocycles. The van der Waals surface area contributed by atoms with Gasteiger partial charge in [0.2, 0.25) is 15.9 Å². The molecule has 4 rings (SSSR count). The first-order chi connectivity index (χ1) is 17.7. The van der Waals surface area contributed by atoms with E-state index in [1.165, 1.54) is 16.1 Å². The first kappa shape index (κ1) is 27.0. The predicted molar refractivity (Wildman–Crippen MR) is 149 cm³/mol. The second-order valence-electron chi connectivity index (χ2n) is 9.93. The number of benzene rings is 2. The van der Waals surface area contributed by atoms with E-state index in [0.29, 0.717) is 18.7 Å². The number of hydrogen-bond acceptors (Lipinski definition) is 5. The van der Waals surface area contributed by atoms with E-state index >= 15 is 0 Å². The molecule has 2 aromatic carbocycles. The Morgan fingerprint density at radius 2 is 1.70 bits per heavy atom. The average molecular weight is 521 g/mol. The van der Waals surface area contributed by atoms with Crippen LogP contribution in [0.4, 0.5) is 5.69 Å². The number of hydrogen-bond donors (Lipinski definition) is 2. The smallest absolute Gasteiger partial charge is 0.224 e. The molecule has 37 heavy (non-hydrogen) atoms. The van der Waals surface area contributed by atoms with E-state index in [1.807, 2.05) is 36.4 Å². The van der Waals surface area contributed by atoms with Gasteiger partial charge < -0.3 is 11.1 Å². The molecule has 8 heteroatoms. The van der Waals surface area contributed by atoms with Crippen molar-refractivity contribution in [2.45, 2.75) is 44.6 Å². The molecule has 0 aliphatic heterocycles. The minimum atomic E-state index is -3.20. The van der Waals surface area contributed by atoms with Crippen molar-refractivity contribution in [2.24, 2.45) is 11.7 Å². The third kappa shape index (κ3) is 7.03. The van der Waals surface area contributed by atoms with Crippen molar-refractivity contribution in [3.63, 3.8) is 0 Å². The fourth-order valence-electron chi connectivity index (χ4n) is 5.05. The standard InChI is InChI=1S/C29H36N4O3S/c1-33(37(2,35)36)26-14-10-22(11-15-26)18-28(34)32-25-19-27(23-6-4-3-5-7-23)29(31-20-25)24-12-8-21(9-13-24)16-17-30/h3-9,12-13,19-20,22,26H,10-11,14-18,30H2,1-2H3,(H,32,34)/t22-,26-. The summed E-state index contributed by atoms with van der Waals surface area (Å²) in [5, 5.41) is 3.04. The van der Waals surface area contributed by atoms with E-state index in [-0.39, 0.29) is 17.9 Å². The minimum Gasteiger partial charge on any atom is -0.330 e. The van der Waals surface area contributed by atoms with E-state index in [2.05, 4.69) is 29.6 Å². The van der Waals surface area contributed by atoms with Crippen LogP contribution in [0.2, 0.25) is 0 Å². The maximum absolute atomic E-state index is 12.9. The van der Waals surface area contributed by atoms with Crippen molar-refractivity contribution in [1.29, 1.82) is 0 Å². The molecule has 3 N–H and O–H groups in total. The highest BCUT2D eigenvalue weighted by atomic mass is 32.2. The molecule has 0 saturated heterocycles. The summed E-state index contributed by atoms with van der Waals surface area (Å²) in [6.07, 6.45) is 7.44. The molecule has 0 bridgehead atoms. The van der Waals surface area contributed by atoms with Crippen LogP contribution in [0.25, 0.3) is 22.4 Å². The zero-order valence-electron chi connectivity index (χ0n) is 21.6. The number of carbonyl (C=O) groups is 1. The number of carbonyl (C=O) groups excluding carboxylic acids is 1. The van der Waals surface area contributed by atoms with Crippen molar-refractivity contribution in [3.8, 4) is 22.4 Å². The summed E-state index contributed by atoms with van der Waals surface area (Å²) < 4.78 is 25.1. The van der Waals surface area contributed by atoms with Crippen molar-refractivity contribution < 1.29 is 13.2 Å². The zero-order valence-corrected chi connectivity index (χ0v) is 22.4. The zero-order chi connectivity index (χ0) is 26.4. The van der Waals surface area contributed by atoms with Crippen LogP contribution >= 0.6 is 0 Å². The van der Waals surface area contributed by atoms with Gasteiger partial charge in [0, 0.05) is 30.6 Å². The summed E-state index contributed by atoms with van der Waals surface area (Å²) in [6, 6.07) is 20.3. The van der Waals surface area contributed by atoms with Crippen LogP contribution in [0.1, 0.15) is 37.7 Å². The molecule has 196 valence electrons.